The van der Waals surface area contributed by atoms with Gasteiger partial charge in [-0.25, -0.2) is 0 Å². The van der Waals surface area contributed by atoms with Crippen molar-refractivity contribution in [2.45, 2.75) is 6.42 Å². The molecule has 2 aromatic rings. The Labute approximate surface area is 172 Å². The molecule has 1 aliphatic rings. The first-order valence-electron chi connectivity index (χ1n) is 9.91. The molecule has 3 rings (SSSR count). The number of aromatic nitrogens is 1. The molecule has 0 radical (unpaired) electrons. The number of rotatable bonds is 8. The number of piperazine rings is 1. The Morgan fingerprint density at radius 2 is 1.86 bits per heavy atom. The highest BCUT2D eigenvalue weighted by Crippen LogP contribution is 2.36. The largest absolute Gasteiger partial charge is 0.493 e. The van der Waals surface area contributed by atoms with E-state index in [1.165, 1.54) is 0 Å². The lowest BCUT2D eigenvalue weighted by Crippen LogP contribution is -2.44. The van der Waals surface area contributed by atoms with Crippen LogP contribution in [0, 0.1) is 11.3 Å². The summed E-state index contributed by atoms with van der Waals surface area (Å²) in [5.74, 6) is 1.32. The number of nitrogens with one attached hydrogen (secondary N) is 1. The summed E-state index contributed by atoms with van der Waals surface area (Å²) >= 11 is 0. The number of likely N-dealkylation sites (N-methyl/N-ethyl adjacent to an activating group) is 1. The highest BCUT2D eigenvalue weighted by molar-refractivity contribution is 5.82. The molecule has 0 unspecified atom stereocenters. The van der Waals surface area contributed by atoms with Crippen LogP contribution < -0.4 is 14.8 Å². The van der Waals surface area contributed by atoms with Crippen LogP contribution in [0.2, 0.25) is 0 Å². The van der Waals surface area contributed by atoms with Crippen molar-refractivity contribution in [3.8, 4) is 28.7 Å². The molecule has 0 saturated carbocycles. The van der Waals surface area contributed by atoms with E-state index in [2.05, 4.69) is 33.2 Å². The van der Waals surface area contributed by atoms with Gasteiger partial charge in [0.25, 0.3) is 0 Å². The van der Waals surface area contributed by atoms with Crippen LogP contribution >= 0.6 is 0 Å². The molecule has 154 valence electrons. The van der Waals surface area contributed by atoms with Gasteiger partial charge in [0.2, 0.25) is 0 Å². The third-order valence-corrected chi connectivity index (χ3v) is 5.31. The maximum absolute atomic E-state index is 9.57. The molecular weight excluding hydrogens is 366 g/mol. The number of ether oxygens (including phenoxy) is 2. The maximum atomic E-state index is 9.57. The number of hydrogen-bond donors (Lipinski definition) is 1. The number of benzene rings is 1. The fourth-order valence-corrected chi connectivity index (χ4v) is 3.55. The number of methoxy groups -OCH3 is 2. The first-order chi connectivity index (χ1) is 14.2. The first-order valence-corrected chi connectivity index (χ1v) is 9.91. The summed E-state index contributed by atoms with van der Waals surface area (Å²) in [6.07, 6.45) is 4.40. The van der Waals surface area contributed by atoms with Gasteiger partial charge in [-0.3, -0.25) is 4.98 Å². The zero-order valence-corrected chi connectivity index (χ0v) is 17.4. The molecule has 0 aliphatic carbocycles. The van der Waals surface area contributed by atoms with E-state index < -0.39 is 0 Å². The van der Waals surface area contributed by atoms with Gasteiger partial charge in [0.1, 0.15) is 6.07 Å². The second-order valence-corrected chi connectivity index (χ2v) is 7.22. The van der Waals surface area contributed by atoms with Crippen molar-refractivity contribution in [1.82, 2.24) is 14.8 Å². The van der Waals surface area contributed by atoms with E-state index in [0.29, 0.717) is 17.1 Å². The van der Waals surface area contributed by atoms with E-state index in [9.17, 15) is 5.26 Å². The predicted octanol–water partition coefficient (Wildman–Crippen LogP) is 2.69. The van der Waals surface area contributed by atoms with Crippen LogP contribution in [0.4, 0.5) is 5.69 Å². The van der Waals surface area contributed by atoms with Gasteiger partial charge >= 0.3 is 0 Å². The Hall–Kier alpha value is -2.82. The van der Waals surface area contributed by atoms with Gasteiger partial charge in [-0.1, -0.05) is 6.07 Å². The highest BCUT2D eigenvalue weighted by Gasteiger charge is 2.15. The molecule has 1 fully saturated rings. The molecule has 0 atom stereocenters. The quantitative estimate of drug-likeness (QED) is 0.689. The molecule has 7 heteroatoms. The maximum Gasteiger partial charge on any atom is 0.161 e. The summed E-state index contributed by atoms with van der Waals surface area (Å²) in [6.45, 7) is 6.34. The second-order valence-electron chi connectivity index (χ2n) is 7.22. The van der Waals surface area contributed by atoms with Crippen LogP contribution in [0.1, 0.15) is 12.0 Å². The van der Waals surface area contributed by atoms with Crippen molar-refractivity contribution < 1.29 is 9.47 Å². The molecule has 1 N–H and O–H groups in total. The minimum atomic E-state index is 0.539. The van der Waals surface area contributed by atoms with Crippen molar-refractivity contribution in [3.63, 3.8) is 0 Å². The molecule has 0 spiro atoms. The van der Waals surface area contributed by atoms with E-state index in [1.807, 2.05) is 18.2 Å². The van der Waals surface area contributed by atoms with Gasteiger partial charge < -0.3 is 24.6 Å². The highest BCUT2D eigenvalue weighted by atomic mass is 16.5. The van der Waals surface area contributed by atoms with E-state index in [-0.39, 0.29) is 0 Å². The van der Waals surface area contributed by atoms with Crippen molar-refractivity contribution in [2.24, 2.45) is 0 Å². The van der Waals surface area contributed by atoms with Crippen LogP contribution in [0.3, 0.4) is 0 Å². The fourth-order valence-electron chi connectivity index (χ4n) is 3.55. The molecule has 1 saturated heterocycles. The van der Waals surface area contributed by atoms with Gasteiger partial charge in [0, 0.05) is 50.7 Å². The van der Waals surface area contributed by atoms with E-state index in [0.717, 1.165) is 62.5 Å². The van der Waals surface area contributed by atoms with Crippen LogP contribution in [0.25, 0.3) is 11.1 Å². The smallest absolute Gasteiger partial charge is 0.161 e. The first kappa shape index (κ1) is 20.9. The third-order valence-electron chi connectivity index (χ3n) is 5.31. The van der Waals surface area contributed by atoms with Crippen LogP contribution in [-0.2, 0) is 0 Å². The Bertz CT molecular complexity index is 857. The summed E-state index contributed by atoms with van der Waals surface area (Å²) < 4.78 is 10.8. The van der Waals surface area contributed by atoms with Crippen LogP contribution in [-0.4, -0.2) is 75.3 Å². The molecule has 1 aromatic carbocycles. The monoisotopic (exact) mass is 395 g/mol. The summed E-state index contributed by atoms with van der Waals surface area (Å²) in [4.78, 5) is 9.11. The second kappa shape index (κ2) is 10.1. The lowest BCUT2D eigenvalue weighted by Gasteiger charge is -2.32. The average Bonchev–Trinajstić information content (AvgIpc) is 2.77. The topological polar surface area (TPSA) is 73.7 Å². The van der Waals surface area contributed by atoms with Gasteiger partial charge in [0.15, 0.2) is 11.5 Å². The zero-order valence-electron chi connectivity index (χ0n) is 17.4. The van der Waals surface area contributed by atoms with Gasteiger partial charge in [0.05, 0.1) is 25.5 Å². The van der Waals surface area contributed by atoms with Crippen molar-refractivity contribution in [1.29, 1.82) is 5.26 Å². The van der Waals surface area contributed by atoms with E-state index in [4.69, 9.17) is 9.47 Å². The summed E-state index contributed by atoms with van der Waals surface area (Å²) in [5, 5.41) is 13.0. The lowest BCUT2D eigenvalue weighted by molar-refractivity contribution is 0.154. The summed E-state index contributed by atoms with van der Waals surface area (Å²) in [6, 6.07) is 7.98. The molecule has 7 nitrogen and oxygen atoms in total. The van der Waals surface area contributed by atoms with E-state index in [1.54, 1.807) is 26.6 Å². The fraction of sp³-hybridized carbons (Fsp3) is 0.455. The van der Waals surface area contributed by atoms with Crippen LogP contribution in [0.15, 0.2) is 30.6 Å². The molecule has 29 heavy (non-hydrogen) atoms. The molecule has 0 bridgehead atoms. The lowest BCUT2D eigenvalue weighted by atomic mass is 10.0. The average molecular weight is 396 g/mol. The van der Waals surface area contributed by atoms with Gasteiger partial charge in [-0.05, 0) is 37.7 Å². The standard InChI is InChI=1S/C22H29N5O2/c1-26-9-11-27(12-10-26)8-4-7-25-22-18(14-23)15-24-16-19(22)17-5-6-20(28-2)21(13-17)29-3/h5-6,13,15-16H,4,7-12H2,1-3H3,(H,24,25). The number of pyridine rings is 1. The van der Waals surface area contributed by atoms with Crippen molar-refractivity contribution in [3.05, 3.63) is 36.2 Å². The summed E-state index contributed by atoms with van der Waals surface area (Å²) in [7, 11) is 5.40. The SMILES string of the molecule is COc1ccc(-c2cncc(C#N)c2NCCCN2CCN(C)CC2)cc1OC. The predicted molar refractivity (Wildman–Crippen MR) is 115 cm³/mol. The Morgan fingerprint density at radius 3 is 2.55 bits per heavy atom. The summed E-state index contributed by atoms with van der Waals surface area (Å²) in [5.41, 5.74) is 3.16. The molecule has 1 aromatic heterocycles. The normalized spacial score (nSPS) is 15.0. The molecule has 0 amide bonds. The number of nitriles is 1. The minimum absolute atomic E-state index is 0.539. The number of anilines is 1. The van der Waals surface area contributed by atoms with Crippen molar-refractivity contribution >= 4 is 5.69 Å². The Morgan fingerprint density at radius 1 is 1.10 bits per heavy atom. The zero-order chi connectivity index (χ0) is 20.6. The molecule has 1 aliphatic heterocycles. The van der Waals surface area contributed by atoms with Gasteiger partial charge in [-0.2, -0.15) is 5.26 Å². The van der Waals surface area contributed by atoms with Crippen LogP contribution in [0.5, 0.6) is 11.5 Å². The molecular formula is C22H29N5O2. The van der Waals surface area contributed by atoms with E-state index >= 15 is 0 Å². The Balaban J connectivity index is 1.72. The number of hydrogen-bond acceptors (Lipinski definition) is 7. The minimum Gasteiger partial charge on any atom is -0.493 e. The third kappa shape index (κ3) is 5.17. The number of nitrogens with zero attached hydrogens (tertiary/aromatic N) is 4. The van der Waals surface area contributed by atoms with Crippen molar-refractivity contribution in [2.75, 3.05) is 65.9 Å². The van der Waals surface area contributed by atoms with Gasteiger partial charge in [-0.15, -0.1) is 0 Å². The molecule has 2 heterocycles. The Kier molecular flexibility index (Phi) is 7.28.